The van der Waals surface area contributed by atoms with Gasteiger partial charge in [0, 0.05) is 35.9 Å². The van der Waals surface area contributed by atoms with Crippen LogP contribution in [0.15, 0.2) is 54.6 Å². The molecule has 4 rings (SSSR count). The lowest BCUT2D eigenvalue weighted by atomic mass is 10.2. The molecule has 0 spiro atoms. The molecule has 1 aliphatic rings. The van der Waals surface area contributed by atoms with Crippen molar-refractivity contribution >= 4 is 34.7 Å². The van der Waals surface area contributed by atoms with Crippen LogP contribution in [-0.4, -0.2) is 26.9 Å². The van der Waals surface area contributed by atoms with Crippen molar-refractivity contribution in [2.45, 2.75) is 12.8 Å². The molecule has 0 atom stereocenters. The molecule has 32 heavy (non-hydrogen) atoms. The SMILES string of the molecule is NC(=O)c1nnc(NC(=O)C2CC2)cc1Nc1cccc(Oc2ccc([N+](=O)[O-])cc2)c1. The van der Waals surface area contributed by atoms with Gasteiger partial charge in [0.1, 0.15) is 11.5 Å². The number of nitrogens with one attached hydrogen (secondary N) is 2. The van der Waals surface area contributed by atoms with E-state index in [1.807, 2.05) is 0 Å². The zero-order valence-electron chi connectivity index (χ0n) is 16.6. The Hall–Kier alpha value is -4.54. The molecule has 1 heterocycles. The smallest absolute Gasteiger partial charge is 0.271 e. The third-order valence-electron chi connectivity index (χ3n) is 4.62. The molecule has 11 nitrogen and oxygen atoms in total. The van der Waals surface area contributed by atoms with E-state index in [0.29, 0.717) is 17.2 Å². The van der Waals surface area contributed by atoms with Gasteiger partial charge >= 0.3 is 0 Å². The average molecular weight is 434 g/mol. The number of rotatable bonds is 8. The largest absolute Gasteiger partial charge is 0.457 e. The fourth-order valence-electron chi connectivity index (χ4n) is 2.87. The summed E-state index contributed by atoms with van der Waals surface area (Å²) in [6, 6.07) is 14.0. The topological polar surface area (TPSA) is 162 Å². The summed E-state index contributed by atoms with van der Waals surface area (Å²) in [5.41, 5.74) is 6.10. The Balaban J connectivity index is 1.53. The van der Waals surface area contributed by atoms with E-state index in [2.05, 4.69) is 20.8 Å². The first-order chi connectivity index (χ1) is 15.4. The Kier molecular flexibility index (Phi) is 5.62. The van der Waals surface area contributed by atoms with Crippen molar-refractivity contribution in [1.82, 2.24) is 10.2 Å². The summed E-state index contributed by atoms with van der Waals surface area (Å²) >= 11 is 0. The number of anilines is 3. The lowest BCUT2D eigenvalue weighted by Crippen LogP contribution is -2.19. The van der Waals surface area contributed by atoms with Crippen LogP contribution >= 0.6 is 0 Å². The molecule has 0 aliphatic heterocycles. The molecule has 0 radical (unpaired) electrons. The Bertz CT molecular complexity index is 1190. The monoisotopic (exact) mass is 434 g/mol. The van der Waals surface area contributed by atoms with Crippen LogP contribution in [0.4, 0.5) is 22.9 Å². The molecule has 1 saturated carbocycles. The Morgan fingerprint density at radius 1 is 1.06 bits per heavy atom. The number of nitrogens with zero attached hydrogens (tertiary/aromatic N) is 3. The van der Waals surface area contributed by atoms with Gasteiger partial charge in [-0.1, -0.05) is 6.07 Å². The zero-order chi connectivity index (χ0) is 22.7. The van der Waals surface area contributed by atoms with Crippen molar-refractivity contribution < 1.29 is 19.2 Å². The summed E-state index contributed by atoms with van der Waals surface area (Å²) in [6.45, 7) is 0. The predicted molar refractivity (Wildman–Crippen MR) is 115 cm³/mol. The van der Waals surface area contributed by atoms with Gasteiger partial charge in [0.15, 0.2) is 11.5 Å². The fraction of sp³-hybridized carbons (Fsp3) is 0.143. The van der Waals surface area contributed by atoms with E-state index in [-0.39, 0.29) is 34.7 Å². The Labute approximate surface area is 181 Å². The van der Waals surface area contributed by atoms with E-state index in [9.17, 15) is 19.7 Å². The highest BCUT2D eigenvalue weighted by Crippen LogP contribution is 2.31. The summed E-state index contributed by atoms with van der Waals surface area (Å²) in [5, 5.41) is 24.2. The summed E-state index contributed by atoms with van der Waals surface area (Å²) < 4.78 is 5.74. The summed E-state index contributed by atoms with van der Waals surface area (Å²) in [7, 11) is 0. The van der Waals surface area contributed by atoms with Gasteiger partial charge in [0.25, 0.3) is 11.6 Å². The number of nitrogens with two attached hydrogens (primary N) is 1. The van der Waals surface area contributed by atoms with Gasteiger partial charge in [0.05, 0.1) is 10.6 Å². The summed E-state index contributed by atoms with van der Waals surface area (Å²) in [4.78, 5) is 34.0. The van der Waals surface area contributed by atoms with Crippen molar-refractivity contribution in [3.63, 3.8) is 0 Å². The number of primary amides is 1. The molecular weight excluding hydrogens is 416 g/mol. The van der Waals surface area contributed by atoms with Crippen LogP contribution in [0.2, 0.25) is 0 Å². The van der Waals surface area contributed by atoms with Gasteiger partial charge in [-0.2, -0.15) is 0 Å². The molecule has 0 unspecified atom stereocenters. The molecule has 0 saturated heterocycles. The van der Waals surface area contributed by atoms with Crippen LogP contribution < -0.4 is 21.1 Å². The Morgan fingerprint density at radius 2 is 1.81 bits per heavy atom. The van der Waals surface area contributed by atoms with E-state index in [1.54, 1.807) is 24.3 Å². The lowest BCUT2D eigenvalue weighted by Gasteiger charge is -2.12. The minimum absolute atomic E-state index is 0.0164. The minimum atomic E-state index is -0.779. The molecule has 1 fully saturated rings. The van der Waals surface area contributed by atoms with E-state index >= 15 is 0 Å². The molecule has 1 aliphatic carbocycles. The van der Waals surface area contributed by atoms with Crippen LogP contribution in [0.1, 0.15) is 23.3 Å². The molecular formula is C21H18N6O5. The predicted octanol–water partition coefficient (Wildman–Crippen LogP) is 3.37. The quantitative estimate of drug-likeness (QED) is 0.359. The van der Waals surface area contributed by atoms with Gasteiger partial charge < -0.3 is 21.1 Å². The van der Waals surface area contributed by atoms with Crippen molar-refractivity contribution in [2.24, 2.45) is 11.7 Å². The molecule has 11 heteroatoms. The zero-order valence-corrected chi connectivity index (χ0v) is 16.6. The first kappa shape index (κ1) is 20.7. The molecule has 2 amide bonds. The maximum atomic E-state index is 12.0. The molecule has 0 bridgehead atoms. The van der Waals surface area contributed by atoms with Crippen molar-refractivity contribution in [2.75, 3.05) is 10.6 Å². The van der Waals surface area contributed by atoms with Gasteiger partial charge in [-0.25, -0.2) is 0 Å². The molecule has 162 valence electrons. The average Bonchev–Trinajstić information content (AvgIpc) is 3.60. The highest BCUT2D eigenvalue weighted by atomic mass is 16.6. The minimum Gasteiger partial charge on any atom is -0.457 e. The number of aromatic nitrogens is 2. The van der Waals surface area contributed by atoms with Gasteiger partial charge in [-0.05, 0) is 37.1 Å². The number of nitro benzene ring substituents is 1. The van der Waals surface area contributed by atoms with Gasteiger partial charge in [0.2, 0.25) is 5.91 Å². The Morgan fingerprint density at radius 3 is 2.47 bits per heavy atom. The van der Waals surface area contributed by atoms with E-state index < -0.39 is 10.8 Å². The van der Waals surface area contributed by atoms with Crippen molar-refractivity contribution in [1.29, 1.82) is 0 Å². The number of carbonyl (C=O) groups is 2. The second-order valence-corrected chi connectivity index (χ2v) is 7.13. The molecule has 3 aromatic rings. The fourth-order valence-corrected chi connectivity index (χ4v) is 2.87. The number of benzene rings is 2. The second-order valence-electron chi connectivity index (χ2n) is 7.13. The first-order valence-electron chi connectivity index (χ1n) is 9.67. The van der Waals surface area contributed by atoms with Crippen LogP contribution in [-0.2, 0) is 4.79 Å². The van der Waals surface area contributed by atoms with Crippen molar-refractivity contribution in [3.8, 4) is 11.5 Å². The number of nitro groups is 1. The van der Waals surface area contributed by atoms with E-state index in [0.717, 1.165) is 12.8 Å². The lowest BCUT2D eigenvalue weighted by molar-refractivity contribution is -0.384. The molecule has 4 N–H and O–H groups in total. The third-order valence-corrected chi connectivity index (χ3v) is 4.62. The number of non-ortho nitro benzene ring substituents is 1. The van der Waals surface area contributed by atoms with E-state index in [1.165, 1.54) is 30.3 Å². The normalized spacial score (nSPS) is 12.6. The number of hydrogen-bond acceptors (Lipinski definition) is 8. The maximum Gasteiger partial charge on any atom is 0.271 e. The standard InChI is InChI=1S/C21H18N6O5/c22-20(28)19-17(11-18(25-26-19)24-21(29)12-4-5-12)23-13-2-1-3-16(10-13)32-15-8-6-14(7-9-15)27(30)31/h1-3,6-12H,4-5H2,(H2,22,28)(H2,23,24,25,29). The molecule has 2 aromatic carbocycles. The number of ether oxygens (including phenoxy) is 1. The van der Waals surface area contributed by atoms with Crippen LogP contribution in [0, 0.1) is 16.0 Å². The maximum absolute atomic E-state index is 12.0. The van der Waals surface area contributed by atoms with E-state index in [4.69, 9.17) is 10.5 Å². The highest BCUT2D eigenvalue weighted by Gasteiger charge is 2.30. The first-order valence-corrected chi connectivity index (χ1v) is 9.67. The van der Waals surface area contributed by atoms with Crippen LogP contribution in [0.5, 0.6) is 11.5 Å². The summed E-state index contributed by atoms with van der Waals surface area (Å²) in [6.07, 6.45) is 1.68. The second kappa shape index (κ2) is 8.68. The number of carbonyl (C=O) groups excluding carboxylic acids is 2. The summed E-state index contributed by atoms with van der Waals surface area (Å²) in [5.74, 6) is 0.133. The van der Waals surface area contributed by atoms with Crippen LogP contribution in [0.3, 0.4) is 0 Å². The number of hydrogen-bond donors (Lipinski definition) is 3. The number of amides is 2. The van der Waals surface area contributed by atoms with Crippen LogP contribution in [0.25, 0.3) is 0 Å². The third kappa shape index (κ3) is 4.95. The van der Waals surface area contributed by atoms with Gasteiger partial charge in [-0.3, -0.25) is 19.7 Å². The molecule has 1 aromatic heterocycles. The highest BCUT2D eigenvalue weighted by molar-refractivity contribution is 5.98. The van der Waals surface area contributed by atoms with Crippen molar-refractivity contribution in [3.05, 3.63) is 70.4 Å². The van der Waals surface area contributed by atoms with Gasteiger partial charge in [-0.15, -0.1) is 10.2 Å².